The van der Waals surface area contributed by atoms with E-state index in [1.165, 1.54) is 6.07 Å². The monoisotopic (exact) mass is 542 g/mol. The van der Waals surface area contributed by atoms with E-state index in [0.29, 0.717) is 28.4 Å². The van der Waals surface area contributed by atoms with Crippen LogP contribution in [0.15, 0.2) is 67.5 Å². The number of pyridine rings is 1. The fourth-order valence-electron chi connectivity index (χ4n) is 3.93. The number of thioether (sulfide) groups is 1. The van der Waals surface area contributed by atoms with Crippen LogP contribution in [0, 0.1) is 12.7 Å². The van der Waals surface area contributed by atoms with Crippen molar-refractivity contribution in [2.75, 3.05) is 25.6 Å². The number of nitrogens with two attached hydrogens (primary N) is 1. The molecule has 1 unspecified atom stereocenters. The quantitative estimate of drug-likeness (QED) is 0.231. The zero-order chi connectivity index (χ0) is 27.4. The molecule has 1 heterocycles. The first-order chi connectivity index (χ1) is 17.7. The molecule has 0 spiro atoms. The highest BCUT2D eigenvalue weighted by molar-refractivity contribution is 7.97. The molecule has 200 valence electrons. The van der Waals surface area contributed by atoms with Crippen molar-refractivity contribution >= 4 is 34.3 Å². The second-order valence-electron chi connectivity index (χ2n) is 9.01. The molecule has 0 bridgehead atoms. The van der Waals surface area contributed by atoms with E-state index >= 15 is 0 Å². The highest BCUT2D eigenvalue weighted by Gasteiger charge is 2.16. The van der Waals surface area contributed by atoms with Crippen molar-refractivity contribution in [3.63, 3.8) is 0 Å². The minimum absolute atomic E-state index is 0.196. The van der Waals surface area contributed by atoms with Gasteiger partial charge in [0.1, 0.15) is 5.82 Å². The summed E-state index contributed by atoms with van der Waals surface area (Å²) in [5, 5.41) is 4.57. The van der Waals surface area contributed by atoms with Crippen molar-refractivity contribution < 1.29 is 4.39 Å². The molecule has 0 aliphatic carbocycles. The Morgan fingerprint density at radius 1 is 1.24 bits per heavy atom. The van der Waals surface area contributed by atoms with Gasteiger partial charge in [0, 0.05) is 29.7 Å². The highest BCUT2D eigenvalue weighted by Crippen LogP contribution is 2.29. The third kappa shape index (κ3) is 9.06. The molecule has 0 aliphatic heterocycles. The Bertz CT molecular complexity index is 1180. The van der Waals surface area contributed by atoms with Crippen LogP contribution in [-0.4, -0.2) is 41.7 Å². The van der Waals surface area contributed by atoms with E-state index in [1.807, 2.05) is 24.6 Å². The Balaban J connectivity index is 0.00000153. The largest absolute Gasteiger partial charge is 0.388 e. The molecule has 3 rings (SSSR count). The van der Waals surface area contributed by atoms with Gasteiger partial charge >= 0.3 is 0 Å². The Labute approximate surface area is 231 Å². The van der Waals surface area contributed by atoms with E-state index in [9.17, 15) is 4.39 Å². The zero-order valence-electron chi connectivity index (χ0n) is 22.5. The van der Waals surface area contributed by atoms with E-state index in [0.717, 1.165) is 54.4 Å². The molecule has 1 atom stereocenters. The minimum atomic E-state index is -0.255. The number of nitrogens with one attached hydrogen (secondary N) is 1. The summed E-state index contributed by atoms with van der Waals surface area (Å²) >= 11 is 8.31. The van der Waals surface area contributed by atoms with Crippen LogP contribution < -0.4 is 11.1 Å². The Hall–Kier alpha value is -2.54. The van der Waals surface area contributed by atoms with Crippen molar-refractivity contribution in [3.8, 4) is 11.3 Å². The number of rotatable bonds is 12. The number of hydrogen-bond acceptors (Lipinski definition) is 5. The molecule has 0 radical (unpaired) electrons. The molecule has 2 aromatic carbocycles. The molecule has 0 saturated carbocycles. The number of hydrogen-bond donors (Lipinski definition) is 2. The van der Waals surface area contributed by atoms with Crippen LogP contribution in [0.3, 0.4) is 0 Å². The fraction of sp³-hybridized carbons (Fsp3) is 0.367. The van der Waals surface area contributed by atoms with Crippen LogP contribution >= 0.6 is 23.4 Å². The van der Waals surface area contributed by atoms with Crippen molar-refractivity contribution in [2.24, 2.45) is 5.73 Å². The lowest BCUT2D eigenvalue weighted by atomic mass is 10.0. The van der Waals surface area contributed by atoms with Crippen LogP contribution in [0.1, 0.15) is 37.3 Å². The second kappa shape index (κ2) is 15.7. The van der Waals surface area contributed by atoms with Crippen LogP contribution in [0.4, 0.5) is 4.39 Å². The molecule has 0 fully saturated rings. The van der Waals surface area contributed by atoms with E-state index in [-0.39, 0.29) is 12.0 Å². The first-order valence-electron chi connectivity index (χ1n) is 12.6. The van der Waals surface area contributed by atoms with Gasteiger partial charge in [-0.1, -0.05) is 62.4 Å². The van der Waals surface area contributed by atoms with Crippen molar-refractivity contribution in [1.82, 2.24) is 15.2 Å². The topological polar surface area (TPSA) is 54.2 Å². The Kier molecular flexibility index (Phi) is 13.0. The van der Waals surface area contributed by atoms with Crippen molar-refractivity contribution in [3.05, 3.63) is 89.5 Å². The zero-order valence-corrected chi connectivity index (χ0v) is 24.1. The molecular formula is C30H40ClFN4S. The van der Waals surface area contributed by atoms with Gasteiger partial charge in [0.05, 0.1) is 22.4 Å². The predicted molar refractivity (Wildman–Crippen MR) is 162 cm³/mol. The molecule has 3 aromatic rings. The normalized spacial score (nSPS) is 11.4. The van der Waals surface area contributed by atoms with Crippen LogP contribution in [0.25, 0.3) is 22.2 Å². The van der Waals surface area contributed by atoms with Gasteiger partial charge in [-0.05, 0) is 74.2 Å². The minimum Gasteiger partial charge on any atom is -0.388 e. The van der Waals surface area contributed by atoms with Gasteiger partial charge in [0.2, 0.25) is 0 Å². The first kappa shape index (κ1) is 30.7. The van der Waals surface area contributed by atoms with E-state index < -0.39 is 0 Å². The second-order valence-corrected chi connectivity index (χ2v) is 10.2. The average Bonchev–Trinajstić information content (AvgIpc) is 2.88. The molecule has 4 nitrogen and oxygen atoms in total. The lowest BCUT2D eigenvalue weighted by Crippen LogP contribution is -2.47. The maximum absolute atomic E-state index is 14.1. The van der Waals surface area contributed by atoms with Crippen LogP contribution in [0.5, 0.6) is 0 Å². The molecule has 37 heavy (non-hydrogen) atoms. The summed E-state index contributed by atoms with van der Waals surface area (Å²) in [5.41, 5.74) is 11.4. The number of unbranched alkanes of at least 4 members (excludes halogenated alkanes) is 1. The maximum Gasteiger partial charge on any atom is 0.126 e. The first-order valence-corrected chi connectivity index (χ1v) is 14.6. The number of aryl methyl sites for hydroxylation is 1. The molecule has 0 amide bonds. The van der Waals surface area contributed by atoms with Gasteiger partial charge in [-0.3, -0.25) is 0 Å². The van der Waals surface area contributed by atoms with E-state index in [1.54, 1.807) is 37.0 Å². The smallest absolute Gasteiger partial charge is 0.126 e. The van der Waals surface area contributed by atoms with Gasteiger partial charge < -0.3 is 16.0 Å². The maximum atomic E-state index is 14.1. The third-order valence-corrected chi connectivity index (χ3v) is 6.34. The third-order valence-electron chi connectivity index (χ3n) is 6.03. The van der Waals surface area contributed by atoms with Gasteiger partial charge in [-0.25, -0.2) is 9.37 Å². The SMILES string of the molecule is C=CNCC(N)N(CCc1ccc2c(Cl)cc(-c3ccc(C)c(F)c3)nc2c1)C(=C)CCCC.CSC. The van der Waals surface area contributed by atoms with Gasteiger partial charge in [-0.2, -0.15) is 11.8 Å². The summed E-state index contributed by atoms with van der Waals surface area (Å²) in [6, 6.07) is 13.0. The molecular weight excluding hydrogens is 503 g/mol. The standard InChI is InChI=1S/C28H34ClFN4.C2H6S/c1-5-7-8-20(4)34(28(31)18-32-6-2)14-13-21-10-12-23-24(29)17-26(33-27(23)15-21)22-11-9-19(3)25(30)16-22;1-3-2/h6,9-12,15-17,28,32H,2,4-5,7-8,13-14,18,31H2,1,3H3;1-2H3. The molecule has 1 aromatic heterocycles. The highest BCUT2D eigenvalue weighted by atomic mass is 35.5. The van der Waals surface area contributed by atoms with E-state index in [2.05, 4.69) is 42.4 Å². The summed E-state index contributed by atoms with van der Waals surface area (Å²) in [7, 11) is 0. The summed E-state index contributed by atoms with van der Waals surface area (Å²) in [6.07, 6.45) is 9.44. The number of aromatic nitrogens is 1. The Morgan fingerprint density at radius 2 is 1.97 bits per heavy atom. The fourth-order valence-corrected chi connectivity index (χ4v) is 4.20. The summed E-state index contributed by atoms with van der Waals surface area (Å²) < 4.78 is 14.1. The average molecular weight is 543 g/mol. The molecule has 0 saturated heterocycles. The summed E-state index contributed by atoms with van der Waals surface area (Å²) in [5.74, 6) is -0.255. The van der Waals surface area contributed by atoms with Gasteiger partial charge in [0.25, 0.3) is 0 Å². The number of nitrogens with zero attached hydrogens (tertiary/aromatic N) is 2. The van der Waals surface area contributed by atoms with Crippen molar-refractivity contribution in [2.45, 2.75) is 45.7 Å². The number of halogens is 2. The summed E-state index contributed by atoms with van der Waals surface area (Å²) in [6.45, 7) is 13.2. The van der Waals surface area contributed by atoms with Crippen LogP contribution in [0.2, 0.25) is 5.02 Å². The number of benzene rings is 2. The van der Waals surface area contributed by atoms with Gasteiger partial charge in [0.15, 0.2) is 0 Å². The Morgan fingerprint density at radius 3 is 2.62 bits per heavy atom. The van der Waals surface area contributed by atoms with Gasteiger partial charge in [-0.15, -0.1) is 0 Å². The lowest BCUT2D eigenvalue weighted by molar-refractivity contribution is 0.249. The lowest BCUT2D eigenvalue weighted by Gasteiger charge is -2.33. The number of fused-ring (bicyclic) bond motifs is 1. The number of allylic oxidation sites excluding steroid dienone is 1. The molecule has 3 N–H and O–H groups in total. The predicted octanol–water partition coefficient (Wildman–Crippen LogP) is 7.55. The molecule has 7 heteroatoms. The van der Waals surface area contributed by atoms with Crippen LogP contribution in [-0.2, 0) is 6.42 Å². The van der Waals surface area contributed by atoms with Crippen molar-refractivity contribution in [1.29, 1.82) is 0 Å². The van der Waals surface area contributed by atoms with E-state index in [4.69, 9.17) is 22.3 Å². The molecule has 0 aliphatic rings. The summed E-state index contributed by atoms with van der Waals surface area (Å²) in [4.78, 5) is 6.96.